The zero-order chi connectivity index (χ0) is 40.1. The number of likely N-dealkylation sites (N-methyl/N-ethyl adjacent to an activating group) is 1. The van der Waals surface area contributed by atoms with Gasteiger partial charge in [-0.1, -0.05) is 57.5 Å². The number of carbonyl (C=O) groups is 4. The first kappa shape index (κ1) is 43.7. The van der Waals surface area contributed by atoms with Crippen LogP contribution in [0.5, 0.6) is 0 Å². The second-order valence-corrected chi connectivity index (χ2v) is 15.9. The number of rotatable bonds is 10. The number of aliphatic hydroxyl groups is 1. The van der Waals surface area contributed by atoms with Gasteiger partial charge in [-0.05, 0) is 71.8 Å². The predicted molar refractivity (Wildman–Crippen MR) is 198 cm³/mol. The van der Waals surface area contributed by atoms with Crippen molar-refractivity contribution in [1.82, 2.24) is 4.90 Å². The molecule has 0 aromatic heterocycles. The predicted octanol–water partition coefficient (Wildman–Crippen LogP) is 5.31. The number of Topliss-reactive ketones (excluding diaryl/α,β-unsaturated/α-hetero) is 1. The molecule has 14 heteroatoms. The standard InChI is InChI=1S/C40H58ClNO12/c1-11-17-48-29-18-21(3)32(44)23(5)36-40(8,54-39(47)53-36)30(12-2)50-37(46)25(7)34(51-31(43)20-26-13-15-27(41)16-14-26)24(6)35(29)52-38-33(45)28(42(9)10)19-22(4)49-38/h11,13-16,21-25,28-30,33-36,38,45H,1,12,17-20H2,2-10H3/t21-,22-,23+,24+,25-,28+,29-,30-,33-,34+,35-,36-,38?,40-/m1/s1. The van der Waals surface area contributed by atoms with Crippen LogP contribution in [-0.2, 0) is 54.0 Å². The summed E-state index contributed by atoms with van der Waals surface area (Å²) in [6, 6.07) is 6.44. The average molecular weight is 780 g/mol. The Hall–Kier alpha value is -3.07. The van der Waals surface area contributed by atoms with E-state index >= 15 is 0 Å². The molecule has 0 radical (unpaired) electrons. The van der Waals surface area contributed by atoms with E-state index in [1.54, 1.807) is 71.9 Å². The number of benzene rings is 1. The maximum absolute atomic E-state index is 14.2. The fraction of sp³-hybridized carbons (Fsp3) is 0.700. The van der Waals surface area contributed by atoms with Gasteiger partial charge in [0.25, 0.3) is 0 Å². The molecule has 3 heterocycles. The van der Waals surface area contributed by atoms with E-state index in [9.17, 15) is 24.3 Å². The van der Waals surface area contributed by atoms with E-state index in [0.717, 1.165) is 0 Å². The van der Waals surface area contributed by atoms with Gasteiger partial charge in [-0.15, -0.1) is 6.58 Å². The summed E-state index contributed by atoms with van der Waals surface area (Å²) in [4.78, 5) is 56.7. The van der Waals surface area contributed by atoms with Crippen LogP contribution in [0.3, 0.4) is 0 Å². The summed E-state index contributed by atoms with van der Waals surface area (Å²) in [5.41, 5.74) is -0.851. The Balaban J connectivity index is 1.84. The molecule has 1 N–H and O–H groups in total. The highest BCUT2D eigenvalue weighted by Gasteiger charge is 2.58. The Morgan fingerprint density at radius 1 is 1.04 bits per heavy atom. The lowest BCUT2D eigenvalue weighted by atomic mass is 9.77. The summed E-state index contributed by atoms with van der Waals surface area (Å²) in [6.45, 7) is 15.9. The lowest BCUT2D eigenvalue weighted by molar-refractivity contribution is -0.290. The van der Waals surface area contributed by atoms with Crippen LogP contribution in [0, 0.1) is 23.7 Å². The van der Waals surface area contributed by atoms with Crippen LogP contribution >= 0.6 is 11.6 Å². The smallest absolute Gasteiger partial charge is 0.461 e. The van der Waals surface area contributed by atoms with E-state index in [0.29, 0.717) is 17.0 Å². The lowest BCUT2D eigenvalue weighted by Gasteiger charge is -2.45. The van der Waals surface area contributed by atoms with Crippen LogP contribution in [0.2, 0.25) is 5.02 Å². The van der Waals surface area contributed by atoms with Gasteiger partial charge in [0.05, 0.1) is 43.2 Å². The highest BCUT2D eigenvalue weighted by atomic mass is 35.5. The molecule has 14 atom stereocenters. The van der Waals surface area contributed by atoms with Crippen molar-refractivity contribution >= 4 is 35.5 Å². The molecule has 0 aliphatic carbocycles. The van der Waals surface area contributed by atoms with E-state index < -0.39 is 90.3 Å². The number of carbonyl (C=O) groups excluding carboxylic acids is 4. The molecule has 3 aliphatic rings. The molecule has 0 spiro atoms. The molecule has 1 unspecified atom stereocenters. The fourth-order valence-electron chi connectivity index (χ4n) is 8.04. The Kier molecular flexibility index (Phi) is 15.1. The van der Waals surface area contributed by atoms with E-state index in [4.69, 9.17) is 44.8 Å². The Labute approximate surface area is 323 Å². The van der Waals surface area contributed by atoms with Crippen LogP contribution in [0.1, 0.15) is 73.3 Å². The number of ether oxygens (including phenoxy) is 7. The molecule has 1 aromatic rings. The molecule has 302 valence electrons. The van der Waals surface area contributed by atoms with Gasteiger partial charge < -0.3 is 43.2 Å². The van der Waals surface area contributed by atoms with Gasteiger partial charge in [-0.2, -0.15) is 0 Å². The quantitative estimate of drug-likeness (QED) is 0.185. The molecule has 4 rings (SSSR count). The van der Waals surface area contributed by atoms with Crippen LogP contribution in [0.4, 0.5) is 4.79 Å². The fourth-order valence-corrected chi connectivity index (χ4v) is 8.17. The van der Waals surface area contributed by atoms with Crippen molar-refractivity contribution in [2.24, 2.45) is 23.7 Å². The largest absolute Gasteiger partial charge is 0.509 e. The maximum Gasteiger partial charge on any atom is 0.509 e. The van der Waals surface area contributed by atoms with Crippen molar-refractivity contribution in [2.45, 2.75) is 135 Å². The summed E-state index contributed by atoms with van der Waals surface area (Å²) in [5.74, 6) is -5.01. The van der Waals surface area contributed by atoms with E-state index in [1.165, 1.54) is 0 Å². The van der Waals surface area contributed by atoms with Gasteiger partial charge in [0.15, 0.2) is 18.0 Å². The third kappa shape index (κ3) is 10.0. The minimum atomic E-state index is -1.50. The zero-order valence-corrected chi connectivity index (χ0v) is 33.7. The number of hydrogen-bond donors (Lipinski definition) is 1. The first-order valence-corrected chi connectivity index (χ1v) is 19.2. The summed E-state index contributed by atoms with van der Waals surface area (Å²) >= 11 is 6.07. The highest BCUT2D eigenvalue weighted by Crippen LogP contribution is 2.41. The maximum atomic E-state index is 14.2. The third-order valence-electron chi connectivity index (χ3n) is 11.1. The topological polar surface area (TPSA) is 156 Å². The molecule has 0 bridgehead atoms. The number of ketones is 1. The Morgan fingerprint density at radius 2 is 1.70 bits per heavy atom. The number of halogens is 1. The number of cyclic esters (lactones) is 1. The zero-order valence-electron chi connectivity index (χ0n) is 32.9. The van der Waals surface area contributed by atoms with Crippen molar-refractivity contribution in [1.29, 1.82) is 0 Å². The SMILES string of the molecule is C=CCO[C@@H]1C[C@@H](C)C(=O)[C@H](C)[C@H]2OC(=O)O[C@]2(C)[C@@H](CC)OC(=O)[C@H](C)[C@@H](OC(=O)Cc2ccc(Cl)cc2)[C@H](C)[C@H]1OC1O[C@H](C)C[C@H](N(C)C)[C@H]1O. The molecule has 3 aliphatic heterocycles. The van der Waals surface area contributed by atoms with E-state index in [-0.39, 0.29) is 43.8 Å². The first-order chi connectivity index (χ1) is 25.4. The van der Waals surface area contributed by atoms with Gasteiger partial charge in [-0.3, -0.25) is 14.4 Å². The molecule has 3 saturated heterocycles. The number of fused-ring (bicyclic) bond motifs is 1. The number of hydrogen-bond acceptors (Lipinski definition) is 13. The Bertz CT molecular complexity index is 1470. The first-order valence-electron chi connectivity index (χ1n) is 18.9. The molecule has 54 heavy (non-hydrogen) atoms. The molecule has 13 nitrogen and oxygen atoms in total. The lowest BCUT2D eigenvalue weighted by Crippen LogP contribution is -2.58. The summed E-state index contributed by atoms with van der Waals surface area (Å²) < 4.78 is 42.9. The third-order valence-corrected chi connectivity index (χ3v) is 11.4. The monoisotopic (exact) mass is 779 g/mol. The van der Waals surface area contributed by atoms with Gasteiger partial charge in [0.2, 0.25) is 0 Å². The second-order valence-electron chi connectivity index (χ2n) is 15.5. The summed E-state index contributed by atoms with van der Waals surface area (Å²) in [5, 5.41) is 12.1. The molecule has 3 fully saturated rings. The van der Waals surface area contributed by atoms with Gasteiger partial charge in [-0.25, -0.2) is 4.79 Å². The van der Waals surface area contributed by atoms with Crippen molar-refractivity contribution in [3.05, 3.63) is 47.5 Å². The van der Waals surface area contributed by atoms with Crippen LogP contribution in [0.15, 0.2) is 36.9 Å². The molecular weight excluding hydrogens is 722 g/mol. The highest BCUT2D eigenvalue weighted by molar-refractivity contribution is 6.30. The van der Waals surface area contributed by atoms with Crippen molar-refractivity contribution in [2.75, 3.05) is 20.7 Å². The number of esters is 2. The van der Waals surface area contributed by atoms with Crippen LogP contribution in [0.25, 0.3) is 0 Å². The molecule has 0 saturated carbocycles. The van der Waals surface area contributed by atoms with E-state index in [2.05, 4.69) is 6.58 Å². The van der Waals surface area contributed by atoms with Crippen LogP contribution < -0.4 is 0 Å². The minimum absolute atomic E-state index is 0.0709. The van der Waals surface area contributed by atoms with Crippen LogP contribution in [-0.4, -0.2) is 115 Å². The van der Waals surface area contributed by atoms with E-state index in [1.807, 2.05) is 25.9 Å². The van der Waals surface area contributed by atoms with Gasteiger partial charge >= 0.3 is 18.1 Å². The van der Waals surface area contributed by atoms with Gasteiger partial charge in [0.1, 0.15) is 24.1 Å². The molecule has 1 aromatic carbocycles. The van der Waals surface area contributed by atoms with Gasteiger partial charge in [0, 0.05) is 22.9 Å². The summed E-state index contributed by atoms with van der Waals surface area (Å²) in [6.07, 6.45) is -6.27. The number of aliphatic hydroxyl groups excluding tert-OH is 1. The molecule has 0 amide bonds. The van der Waals surface area contributed by atoms with Crippen molar-refractivity contribution in [3.8, 4) is 0 Å². The Morgan fingerprint density at radius 3 is 2.31 bits per heavy atom. The molecular formula is C40H58ClNO12. The summed E-state index contributed by atoms with van der Waals surface area (Å²) in [7, 11) is 3.73. The van der Waals surface area contributed by atoms with Crippen molar-refractivity contribution < 1.29 is 57.4 Å². The normalized spacial score (nSPS) is 38.1. The average Bonchev–Trinajstić information content (AvgIpc) is 3.44. The van der Waals surface area contributed by atoms with Crippen molar-refractivity contribution in [3.63, 3.8) is 0 Å². The second kappa shape index (κ2) is 18.7. The number of nitrogens with zero attached hydrogens (tertiary/aromatic N) is 1. The minimum Gasteiger partial charge on any atom is -0.461 e.